The predicted molar refractivity (Wildman–Crippen MR) is 80.9 cm³/mol. The number of carbonyl (C=O) groups excluding carboxylic acids is 1. The van der Waals surface area contributed by atoms with Gasteiger partial charge in [-0.25, -0.2) is 0 Å². The Morgan fingerprint density at radius 3 is 2.68 bits per heavy atom. The molecule has 0 aromatic heterocycles. The molecule has 1 aromatic carbocycles. The Morgan fingerprint density at radius 2 is 2.09 bits per heavy atom. The first-order valence-electron chi connectivity index (χ1n) is 7.49. The van der Waals surface area contributed by atoms with Gasteiger partial charge in [0, 0.05) is 0 Å². The molecule has 0 radical (unpaired) electrons. The number of hydrogen-bond acceptors (Lipinski definition) is 4. The Morgan fingerprint density at radius 1 is 1.36 bits per heavy atom. The van der Waals surface area contributed by atoms with Crippen molar-refractivity contribution in [2.75, 3.05) is 13.7 Å². The molecular formula is C17H22O5. The minimum Gasteiger partial charge on any atom is -0.497 e. The number of carboxylic acids is 1. The van der Waals surface area contributed by atoms with Crippen molar-refractivity contribution in [2.24, 2.45) is 11.3 Å². The molecule has 1 aliphatic carbocycles. The van der Waals surface area contributed by atoms with Gasteiger partial charge in [-0.3, -0.25) is 9.59 Å². The van der Waals surface area contributed by atoms with Crippen molar-refractivity contribution >= 4 is 11.9 Å². The average molecular weight is 306 g/mol. The van der Waals surface area contributed by atoms with Crippen LogP contribution in [0.4, 0.5) is 0 Å². The maximum atomic E-state index is 12.2. The van der Waals surface area contributed by atoms with E-state index < -0.39 is 17.4 Å². The fourth-order valence-corrected chi connectivity index (χ4v) is 3.06. The minimum absolute atomic E-state index is 0.183. The molecule has 1 aromatic rings. The quantitative estimate of drug-likeness (QED) is 0.668. The molecule has 5 heteroatoms. The van der Waals surface area contributed by atoms with Crippen molar-refractivity contribution in [3.63, 3.8) is 0 Å². The molecule has 22 heavy (non-hydrogen) atoms. The number of ether oxygens (including phenoxy) is 2. The number of aryl methyl sites for hydroxylation is 1. The van der Waals surface area contributed by atoms with Crippen molar-refractivity contribution in [2.45, 2.75) is 33.1 Å². The first kappa shape index (κ1) is 16.3. The Balaban J connectivity index is 2.28. The van der Waals surface area contributed by atoms with Crippen LogP contribution in [0.15, 0.2) is 18.2 Å². The van der Waals surface area contributed by atoms with Crippen LogP contribution in [0.2, 0.25) is 0 Å². The van der Waals surface area contributed by atoms with Gasteiger partial charge < -0.3 is 14.6 Å². The molecule has 0 fully saturated rings. The van der Waals surface area contributed by atoms with E-state index in [1.165, 1.54) is 6.92 Å². The van der Waals surface area contributed by atoms with Gasteiger partial charge in [0.2, 0.25) is 0 Å². The molecule has 0 bridgehead atoms. The number of carboxylic acid groups (broad SMARTS) is 1. The van der Waals surface area contributed by atoms with Gasteiger partial charge >= 0.3 is 11.9 Å². The fraction of sp³-hybridized carbons (Fsp3) is 0.529. The second-order valence-corrected chi connectivity index (χ2v) is 5.80. The van der Waals surface area contributed by atoms with Crippen molar-refractivity contribution in [1.29, 1.82) is 0 Å². The summed E-state index contributed by atoms with van der Waals surface area (Å²) >= 11 is 0. The van der Waals surface area contributed by atoms with Crippen molar-refractivity contribution in [3.8, 4) is 5.75 Å². The highest BCUT2D eigenvalue weighted by atomic mass is 16.5. The zero-order valence-electron chi connectivity index (χ0n) is 13.2. The molecule has 0 saturated heterocycles. The summed E-state index contributed by atoms with van der Waals surface area (Å²) in [6.07, 6.45) is 1.93. The molecule has 0 spiro atoms. The highest BCUT2D eigenvalue weighted by Gasteiger charge is 2.50. The summed E-state index contributed by atoms with van der Waals surface area (Å²) in [5, 5.41) is 9.59. The number of rotatable bonds is 5. The monoisotopic (exact) mass is 306 g/mol. The fourth-order valence-electron chi connectivity index (χ4n) is 3.06. The second-order valence-electron chi connectivity index (χ2n) is 5.80. The Labute approximate surface area is 130 Å². The first-order chi connectivity index (χ1) is 10.4. The molecule has 2 rings (SSSR count). The number of esters is 1. The average Bonchev–Trinajstić information content (AvgIpc) is 2.52. The van der Waals surface area contributed by atoms with E-state index in [9.17, 15) is 14.7 Å². The van der Waals surface area contributed by atoms with Crippen molar-refractivity contribution < 1.29 is 24.2 Å². The van der Waals surface area contributed by atoms with E-state index >= 15 is 0 Å². The van der Waals surface area contributed by atoms with E-state index in [4.69, 9.17) is 9.47 Å². The molecule has 0 amide bonds. The lowest BCUT2D eigenvalue weighted by Crippen LogP contribution is -2.46. The molecule has 2 unspecified atom stereocenters. The molecule has 0 aliphatic heterocycles. The number of aliphatic carboxylic acids is 1. The molecule has 0 saturated carbocycles. The lowest BCUT2D eigenvalue weighted by molar-refractivity contribution is -0.172. The molecule has 2 atom stereocenters. The van der Waals surface area contributed by atoms with Crippen LogP contribution in [0.5, 0.6) is 5.75 Å². The molecular weight excluding hydrogens is 284 g/mol. The topological polar surface area (TPSA) is 72.8 Å². The highest BCUT2D eigenvalue weighted by Crippen LogP contribution is 2.40. The van der Waals surface area contributed by atoms with Gasteiger partial charge in [-0.05, 0) is 62.3 Å². The third-order valence-corrected chi connectivity index (χ3v) is 4.60. The summed E-state index contributed by atoms with van der Waals surface area (Å²) < 4.78 is 10.2. The van der Waals surface area contributed by atoms with Crippen LogP contribution in [-0.2, 0) is 27.2 Å². The standard InChI is InChI=1S/C17H22O5/c1-4-22-16(20)17(2,15(18)19)13-7-5-12-10-14(21-3)8-6-11(12)9-13/h6,8,10,13H,4-5,7,9H2,1-3H3,(H,18,19). The van der Waals surface area contributed by atoms with Gasteiger partial charge in [0.25, 0.3) is 0 Å². The highest BCUT2D eigenvalue weighted by molar-refractivity contribution is 5.99. The molecule has 5 nitrogen and oxygen atoms in total. The van der Waals surface area contributed by atoms with Gasteiger partial charge in [0.15, 0.2) is 5.41 Å². The third-order valence-electron chi connectivity index (χ3n) is 4.60. The first-order valence-corrected chi connectivity index (χ1v) is 7.49. The van der Waals surface area contributed by atoms with Gasteiger partial charge in [0.1, 0.15) is 5.75 Å². The van der Waals surface area contributed by atoms with E-state index in [0.29, 0.717) is 12.8 Å². The van der Waals surface area contributed by atoms with Crippen molar-refractivity contribution in [3.05, 3.63) is 29.3 Å². The number of methoxy groups -OCH3 is 1. The molecule has 1 N–H and O–H groups in total. The lowest BCUT2D eigenvalue weighted by atomic mass is 9.68. The van der Waals surface area contributed by atoms with Crippen molar-refractivity contribution in [1.82, 2.24) is 0 Å². The summed E-state index contributed by atoms with van der Waals surface area (Å²) in [5.74, 6) is -1.24. The van der Waals surface area contributed by atoms with Gasteiger partial charge in [-0.15, -0.1) is 0 Å². The summed E-state index contributed by atoms with van der Waals surface area (Å²) in [6, 6.07) is 5.80. The SMILES string of the molecule is CCOC(=O)C(C)(C(=O)O)C1CCc2cc(OC)ccc2C1. The summed E-state index contributed by atoms with van der Waals surface area (Å²) in [6.45, 7) is 3.34. The van der Waals surface area contributed by atoms with Gasteiger partial charge in [-0.1, -0.05) is 6.07 Å². The maximum absolute atomic E-state index is 12.2. The molecule has 1 aliphatic rings. The van der Waals surface area contributed by atoms with Crippen LogP contribution in [0.25, 0.3) is 0 Å². The van der Waals surface area contributed by atoms with Crippen LogP contribution >= 0.6 is 0 Å². The smallest absolute Gasteiger partial charge is 0.323 e. The van der Waals surface area contributed by atoms with Gasteiger partial charge in [0.05, 0.1) is 13.7 Å². The van der Waals surface area contributed by atoms with E-state index in [1.54, 1.807) is 14.0 Å². The Bertz CT molecular complexity index is 580. The Kier molecular flexibility index (Phi) is 4.74. The third kappa shape index (κ3) is 2.80. The minimum atomic E-state index is -1.51. The van der Waals surface area contributed by atoms with Gasteiger partial charge in [-0.2, -0.15) is 0 Å². The predicted octanol–water partition coefficient (Wildman–Crippen LogP) is 2.45. The largest absolute Gasteiger partial charge is 0.497 e. The second kappa shape index (κ2) is 6.38. The number of fused-ring (bicyclic) bond motifs is 1. The van der Waals surface area contributed by atoms with E-state index in [1.807, 2.05) is 18.2 Å². The zero-order valence-corrected chi connectivity index (χ0v) is 13.2. The molecule has 120 valence electrons. The van der Waals surface area contributed by atoms with Crippen LogP contribution < -0.4 is 4.74 Å². The van der Waals surface area contributed by atoms with Crippen LogP contribution in [-0.4, -0.2) is 30.8 Å². The van der Waals surface area contributed by atoms with Crippen LogP contribution in [0.1, 0.15) is 31.4 Å². The summed E-state index contributed by atoms with van der Waals surface area (Å²) in [7, 11) is 1.62. The lowest BCUT2D eigenvalue weighted by Gasteiger charge is -2.35. The maximum Gasteiger partial charge on any atom is 0.323 e. The van der Waals surface area contributed by atoms with E-state index in [2.05, 4.69) is 0 Å². The van der Waals surface area contributed by atoms with E-state index in [0.717, 1.165) is 23.3 Å². The van der Waals surface area contributed by atoms with Crippen LogP contribution in [0, 0.1) is 11.3 Å². The Hall–Kier alpha value is -2.04. The number of carbonyl (C=O) groups is 2. The summed E-state index contributed by atoms with van der Waals surface area (Å²) in [5.41, 5.74) is 0.731. The normalized spacial score (nSPS) is 19.7. The summed E-state index contributed by atoms with van der Waals surface area (Å²) in [4.78, 5) is 23.9. The van der Waals surface area contributed by atoms with E-state index in [-0.39, 0.29) is 12.5 Å². The molecule has 0 heterocycles. The zero-order chi connectivity index (χ0) is 16.3. The number of benzene rings is 1. The number of hydrogen-bond donors (Lipinski definition) is 1. The van der Waals surface area contributed by atoms with Crippen LogP contribution in [0.3, 0.4) is 0 Å².